The number of nitrogens with zero attached hydrogens (tertiary/aromatic N) is 4. The third-order valence-electron chi connectivity index (χ3n) is 1.70. The van der Waals surface area contributed by atoms with Gasteiger partial charge in [-0.05, 0) is 28.8 Å². The Bertz CT molecular complexity index is 453. The van der Waals surface area contributed by atoms with Crippen LogP contribution in [0.5, 0.6) is 0 Å². The Labute approximate surface area is 93.3 Å². The van der Waals surface area contributed by atoms with Crippen LogP contribution in [-0.2, 0) is 7.05 Å². The Morgan fingerprint density at radius 3 is 3.00 bits per heavy atom. The molecule has 0 aliphatic heterocycles. The predicted molar refractivity (Wildman–Crippen MR) is 60.8 cm³/mol. The third-order valence-corrected chi connectivity index (χ3v) is 3.05. The molecule has 0 atom stereocenters. The van der Waals surface area contributed by atoms with E-state index in [9.17, 15) is 0 Å². The van der Waals surface area contributed by atoms with Crippen LogP contribution in [0.1, 0.15) is 0 Å². The van der Waals surface area contributed by atoms with Crippen LogP contribution in [0.15, 0.2) is 11.4 Å². The first kappa shape index (κ1) is 9.20. The van der Waals surface area contributed by atoms with E-state index in [0.717, 1.165) is 19.9 Å². The van der Waals surface area contributed by atoms with Crippen molar-refractivity contribution >= 4 is 45.4 Å². The molecule has 2 rings (SSSR count). The Morgan fingerprint density at radius 2 is 2.31 bits per heavy atom. The highest BCUT2D eigenvalue weighted by Crippen LogP contribution is 2.19. The monoisotopic (exact) mass is 306 g/mol. The number of fused-ring (bicyclic) bond motifs is 1. The van der Waals surface area contributed by atoms with Gasteiger partial charge in [0, 0.05) is 13.2 Å². The molecule has 0 saturated heterocycles. The van der Waals surface area contributed by atoms with Crippen LogP contribution in [0.3, 0.4) is 0 Å². The molecule has 2 heterocycles. The van der Waals surface area contributed by atoms with E-state index in [-0.39, 0.29) is 0 Å². The van der Waals surface area contributed by atoms with Crippen molar-refractivity contribution in [1.29, 1.82) is 0 Å². The van der Waals surface area contributed by atoms with E-state index in [1.54, 1.807) is 4.68 Å². The van der Waals surface area contributed by atoms with Crippen molar-refractivity contribution in [1.82, 2.24) is 19.7 Å². The molecule has 6 heteroatoms. The van der Waals surface area contributed by atoms with Gasteiger partial charge in [-0.25, -0.2) is 14.6 Å². The molecule has 0 spiro atoms. The molecule has 0 aromatic carbocycles. The van der Waals surface area contributed by atoms with E-state index in [1.165, 1.54) is 11.8 Å². The van der Waals surface area contributed by atoms with Crippen molar-refractivity contribution in [2.24, 2.45) is 7.05 Å². The smallest absolute Gasteiger partial charge is 0.189 e. The summed E-state index contributed by atoms with van der Waals surface area (Å²) < 4.78 is 2.72. The van der Waals surface area contributed by atoms with Crippen molar-refractivity contribution in [3.8, 4) is 0 Å². The Morgan fingerprint density at radius 1 is 1.54 bits per heavy atom. The molecule has 0 amide bonds. The van der Waals surface area contributed by atoms with Gasteiger partial charge in [-0.3, -0.25) is 0 Å². The first-order valence-electron chi connectivity index (χ1n) is 3.61. The molecule has 0 fully saturated rings. The van der Waals surface area contributed by atoms with Crippen LogP contribution in [0.25, 0.3) is 11.0 Å². The SMILES string of the molecule is CSc1ncc2c(I)nn(C)c2n1. The van der Waals surface area contributed by atoms with Gasteiger partial charge in [0.2, 0.25) is 0 Å². The lowest BCUT2D eigenvalue weighted by atomic mass is 10.4. The highest BCUT2D eigenvalue weighted by molar-refractivity contribution is 14.1. The second-order valence-corrected chi connectivity index (χ2v) is 4.30. The number of hydrogen-bond donors (Lipinski definition) is 0. The molecule has 68 valence electrons. The van der Waals surface area contributed by atoms with E-state index >= 15 is 0 Å². The molecule has 4 nitrogen and oxygen atoms in total. The van der Waals surface area contributed by atoms with Gasteiger partial charge in [0.15, 0.2) is 10.8 Å². The van der Waals surface area contributed by atoms with Crippen LogP contribution in [-0.4, -0.2) is 26.0 Å². The summed E-state index contributed by atoms with van der Waals surface area (Å²) in [6, 6.07) is 0. The molecular formula is C7H7IN4S. The lowest BCUT2D eigenvalue weighted by Crippen LogP contribution is -1.93. The zero-order valence-electron chi connectivity index (χ0n) is 7.15. The zero-order chi connectivity index (χ0) is 9.42. The normalized spacial score (nSPS) is 11.0. The molecule has 0 aliphatic rings. The summed E-state index contributed by atoms with van der Waals surface area (Å²) >= 11 is 3.72. The quantitative estimate of drug-likeness (QED) is 0.457. The summed E-state index contributed by atoms with van der Waals surface area (Å²) in [4.78, 5) is 8.55. The Hall–Kier alpha value is -0.370. The highest BCUT2D eigenvalue weighted by atomic mass is 127. The standard InChI is InChI=1S/C7H7IN4S/c1-12-6-4(5(8)11-12)3-9-7(10-6)13-2/h3H,1-2H3. The fourth-order valence-corrected chi connectivity index (χ4v) is 2.12. The van der Waals surface area contributed by atoms with Crippen molar-refractivity contribution < 1.29 is 0 Å². The summed E-state index contributed by atoms with van der Waals surface area (Å²) in [5.41, 5.74) is 0.892. The fourth-order valence-electron chi connectivity index (χ4n) is 1.08. The van der Waals surface area contributed by atoms with Crippen molar-refractivity contribution in [2.45, 2.75) is 5.16 Å². The van der Waals surface area contributed by atoms with E-state index in [0.29, 0.717) is 0 Å². The first-order valence-corrected chi connectivity index (χ1v) is 5.92. The topological polar surface area (TPSA) is 43.6 Å². The molecule has 0 aliphatic carbocycles. The van der Waals surface area contributed by atoms with Crippen LogP contribution in [0, 0.1) is 3.70 Å². The summed E-state index contributed by atoms with van der Waals surface area (Å²) in [7, 11) is 1.89. The average Bonchev–Trinajstić information content (AvgIpc) is 2.42. The second-order valence-electron chi connectivity index (χ2n) is 2.51. The van der Waals surface area contributed by atoms with Gasteiger partial charge in [-0.2, -0.15) is 5.10 Å². The predicted octanol–water partition coefficient (Wildman–Crippen LogP) is 1.69. The van der Waals surface area contributed by atoms with E-state index in [2.05, 4.69) is 37.7 Å². The largest absolute Gasteiger partial charge is 0.249 e. The van der Waals surface area contributed by atoms with Crippen LogP contribution >= 0.6 is 34.4 Å². The molecular weight excluding hydrogens is 299 g/mol. The number of aromatic nitrogens is 4. The lowest BCUT2D eigenvalue weighted by molar-refractivity contribution is 0.770. The fraction of sp³-hybridized carbons (Fsp3) is 0.286. The van der Waals surface area contributed by atoms with Crippen molar-refractivity contribution in [2.75, 3.05) is 6.26 Å². The first-order chi connectivity index (χ1) is 6.22. The molecule has 0 bridgehead atoms. The number of rotatable bonds is 1. The summed E-state index contributed by atoms with van der Waals surface area (Å²) in [5, 5.41) is 6.06. The summed E-state index contributed by atoms with van der Waals surface area (Å²) in [6.07, 6.45) is 3.78. The summed E-state index contributed by atoms with van der Waals surface area (Å²) in [6.45, 7) is 0. The average molecular weight is 306 g/mol. The minimum absolute atomic E-state index is 0.784. The molecule has 0 unspecified atom stereocenters. The van der Waals surface area contributed by atoms with Crippen LogP contribution in [0.4, 0.5) is 0 Å². The van der Waals surface area contributed by atoms with Gasteiger partial charge in [0.25, 0.3) is 0 Å². The van der Waals surface area contributed by atoms with Crippen molar-refractivity contribution in [3.63, 3.8) is 0 Å². The maximum atomic E-state index is 4.36. The van der Waals surface area contributed by atoms with Crippen LogP contribution in [0.2, 0.25) is 0 Å². The molecule has 2 aromatic rings. The van der Waals surface area contributed by atoms with Gasteiger partial charge in [0.05, 0.1) is 5.39 Å². The second kappa shape index (κ2) is 3.41. The molecule has 0 N–H and O–H groups in total. The van der Waals surface area contributed by atoms with Gasteiger partial charge >= 0.3 is 0 Å². The maximum absolute atomic E-state index is 4.36. The van der Waals surface area contributed by atoms with Gasteiger partial charge in [-0.15, -0.1) is 0 Å². The van der Waals surface area contributed by atoms with Gasteiger partial charge in [0.1, 0.15) is 3.70 Å². The lowest BCUT2D eigenvalue weighted by Gasteiger charge is -1.95. The molecule has 13 heavy (non-hydrogen) atoms. The van der Waals surface area contributed by atoms with E-state index < -0.39 is 0 Å². The van der Waals surface area contributed by atoms with Crippen LogP contribution < -0.4 is 0 Å². The van der Waals surface area contributed by atoms with Crippen molar-refractivity contribution in [3.05, 3.63) is 9.90 Å². The number of halogens is 1. The van der Waals surface area contributed by atoms with E-state index in [4.69, 9.17) is 0 Å². The molecule has 2 aromatic heterocycles. The Kier molecular flexibility index (Phi) is 2.41. The minimum atomic E-state index is 0.784. The molecule has 0 saturated carbocycles. The van der Waals surface area contributed by atoms with Gasteiger partial charge in [-0.1, -0.05) is 11.8 Å². The number of hydrogen-bond acceptors (Lipinski definition) is 4. The number of aryl methyl sites for hydroxylation is 1. The third kappa shape index (κ3) is 1.52. The minimum Gasteiger partial charge on any atom is -0.249 e. The van der Waals surface area contributed by atoms with Gasteiger partial charge < -0.3 is 0 Å². The number of thioether (sulfide) groups is 1. The summed E-state index contributed by atoms with van der Waals surface area (Å²) in [5.74, 6) is 0. The Balaban J connectivity index is 2.76. The maximum Gasteiger partial charge on any atom is 0.189 e. The molecule has 0 radical (unpaired) electrons. The zero-order valence-corrected chi connectivity index (χ0v) is 10.1. The highest BCUT2D eigenvalue weighted by Gasteiger charge is 2.08. The van der Waals surface area contributed by atoms with E-state index in [1.807, 2.05) is 19.5 Å².